The van der Waals surface area contributed by atoms with Crippen molar-refractivity contribution in [2.75, 3.05) is 20.8 Å². The molecule has 11 heteroatoms. The van der Waals surface area contributed by atoms with E-state index in [4.69, 9.17) is 14.2 Å². The van der Waals surface area contributed by atoms with Crippen molar-refractivity contribution >= 4 is 12.0 Å². The summed E-state index contributed by atoms with van der Waals surface area (Å²) in [6.07, 6.45) is -5.34. The number of aliphatic hydroxyl groups is 1. The molecule has 0 aliphatic carbocycles. The zero-order chi connectivity index (χ0) is 20.4. The van der Waals surface area contributed by atoms with Crippen molar-refractivity contribution in [1.82, 2.24) is 10.6 Å². The lowest BCUT2D eigenvalue weighted by Gasteiger charge is -2.44. The molecule has 0 bridgehead atoms. The summed E-state index contributed by atoms with van der Waals surface area (Å²) in [5.41, 5.74) is -3.73. The van der Waals surface area contributed by atoms with Gasteiger partial charge in [-0.1, -0.05) is 6.07 Å². The summed E-state index contributed by atoms with van der Waals surface area (Å²) in [6.45, 7) is 1.20. The number of alkyl halides is 3. The molecule has 1 aromatic rings. The minimum atomic E-state index is -5.34. The molecule has 150 valence electrons. The number of carbonyl (C=O) groups is 2. The van der Waals surface area contributed by atoms with Gasteiger partial charge in [-0.2, -0.15) is 13.2 Å². The van der Waals surface area contributed by atoms with Crippen LogP contribution in [0.15, 0.2) is 18.2 Å². The maximum atomic E-state index is 13.6. The summed E-state index contributed by atoms with van der Waals surface area (Å²) in [5.74, 6) is -3.07. The summed E-state index contributed by atoms with van der Waals surface area (Å²) in [7, 11) is 2.69. The molecule has 2 amide bonds. The number of benzene rings is 1. The summed E-state index contributed by atoms with van der Waals surface area (Å²) in [5, 5.41) is 13.9. The van der Waals surface area contributed by atoms with Crippen LogP contribution in [0.3, 0.4) is 0 Å². The van der Waals surface area contributed by atoms with E-state index >= 15 is 0 Å². The van der Waals surface area contributed by atoms with E-state index in [0.717, 1.165) is 0 Å². The molecular formula is C16H19F3N2O6. The first-order chi connectivity index (χ1) is 12.6. The number of urea groups is 1. The molecule has 1 heterocycles. The fourth-order valence-electron chi connectivity index (χ4n) is 2.86. The van der Waals surface area contributed by atoms with E-state index in [1.807, 2.05) is 0 Å². The van der Waals surface area contributed by atoms with Crippen LogP contribution in [0.5, 0.6) is 11.5 Å². The first kappa shape index (κ1) is 20.6. The number of carbonyl (C=O) groups excluding carboxylic acids is 2. The smallest absolute Gasteiger partial charge is 0.437 e. The van der Waals surface area contributed by atoms with Gasteiger partial charge in [0.2, 0.25) is 0 Å². The zero-order valence-electron chi connectivity index (χ0n) is 14.7. The van der Waals surface area contributed by atoms with Crippen LogP contribution in [0.4, 0.5) is 18.0 Å². The molecule has 0 spiro atoms. The van der Waals surface area contributed by atoms with Gasteiger partial charge in [0.25, 0.3) is 5.72 Å². The molecule has 1 aromatic carbocycles. The summed E-state index contributed by atoms with van der Waals surface area (Å²) in [6, 6.07) is 1.22. The summed E-state index contributed by atoms with van der Waals surface area (Å²) >= 11 is 0. The number of rotatable bonds is 5. The quantitative estimate of drug-likeness (QED) is 0.656. The fraction of sp³-hybridized carbons (Fsp3) is 0.500. The van der Waals surface area contributed by atoms with Gasteiger partial charge in [-0.05, 0) is 24.6 Å². The second-order valence-corrected chi connectivity index (χ2v) is 5.68. The van der Waals surface area contributed by atoms with Gasteiger partial charge in [0, 0.05) is 0 Å². The fourth-order valence-corrected chi connectivity index (χ4v) is 2.86. The molecule has 1 aliphatic heterocycles. The molecule has 27 heavy (non-hydrogen) atoms. The van der Waals surface area contributed by atoms with Crippen molar-refractivity contribution < 1.29 is 42.1 Å². The molecule has 1 fully saturated rings. The highest BCUT2D eigenvalue weighted by atomic mass is 19.4. The molecule has 0 aromatic heterocycles. The van der Waals surface area contributed by atoms with E-state index in [1.165, 1.54) is 44.7 Å². The van der Waals surface area contributed by atoms with Crippen LogP contribution in [-0.2, 0) is 9.53 Å². The highest BCUT2D eigenvalue weighted by Crippen LogP contribution is 2.44. The molecule has 8 nitrogen and oxygen atoms in total. The molecule has 0 saturated carbocycles. The first-order valence-electron chi connectivity index (χ1n) is 7.85. The Morgan fingerprint density at radius 1 is 1.26 bits per heavy atom. The molecule has 3 N–H and O–H groups in total. The average Bonchev–Trinajstić information content (AvgIpc) is 2.59. The van der Waals surface area contributed by atoms with Crippen LogP contribution >= 0.6 is 0 Å². The lowest BCUT2D eigenvalue weighted by molar-refractivity contribution is -0.294. The van der Waals surface area contributed by atoms with Crippen LogP contribution in [0, 0.1) is 5.92 Å². The molecule has 1 aliphatic rings. The van der Waals surface area contributed by atoms with E-state index in [1.54, 1.807) is 0 Å². The number of hydrogen-bond donors (Lipinski definition) is 3. The summed E-state index contributed by atoms with van der Waals surface area (Å²) in [4.78, 5) is 24.1. The van der Waals surface area contributed by atoms with Crippen LogP contribution in [0.1, 0.15) is 18.5 Å². The number of esters is 1. The monoisotopic (exact) mass is 392 g/mol. The molecule has 3 atom stereocenters. The third-order valence-corrected chi connectivity index (χ3v) is 4.11. The maximum Gasteiger partial charge on any atom is 0.437 e. The van der Waals surface area contributed by atoms with Gasteiger partial charge in [-0.15, -0.1) is 0 Å². The first-order valence-corrected chi connectivity index (χ1v) is 7.85. The van der Waals surface area contributed by atoms with Gasteiger partial charge in [-0.3, -0.25) is 4.79 Å². The van der Waals surface area contributed by atoms with Gasteiger partial charge in [-0.25, -0.2) is 4.79 Å². The SMILES string of the molecule is CCOC(=O)[C@@H]1[C@@H](c2ccc(OC)c(OC)c2)NC(=O)N[C@@]1(O)C(F)(F)F. The van der Waals surface area contributed by atoms with Crippen LogP contribution in [0.2, 0.25) is 0 Å². The Bertz CT molecular complexity index is 727. The average molecular weight is 392 g/mol. The van der Waals surface area contributed by atoms with E-state index in [2.05, 4.69) is 5.32 Å². The topological polar surface area (TPSA) is 106 Å². The lowest BCUT2D eigenvalue weighted by atomic mass is 9.82. The van der Waals surface area contributed by atoms with Crippen molar-refractivity contribution in [3.63, 3.8) is 0 Å². The van der Waals surface area contributed by atoms with Crippen LogP contribution in [-0.4, -0.2) is 49.8 Å². The predicted octanol–water partition coefficient (Wildman–Crippen LogP) is 1.49. The van der Waals surface area contributed by atoms with E-state index in [0.29, 0.717) is 5.75 Å². The van der Waals surface area contributed by atoms with Gasteiger partial charge in [0.1, 0.15) is 5.92 Å². The number of methoxy groups -OCH3 is 2. The highest BCUT2D eigenvalue weighted by Gasteiger charge is 2.67. The second-order valence-electron chi connectivity index (χ2n) is 5.68. The van der Waals surface area contributed by atoms with E-state index in [9.17, 15) is 27.9 Å². The minimum Gasteiger partial charge on any atom is -0.493 e. The Morgan fingerprint density at radius 2 is 1.89 bits per heavy atom. The van der Waals surface area contributed by atoms with Crippen molar-refractivity contribution in [2.24, 2.45) is 5.92 Å². The number of hydrogen-bond acceptors (Lipinski definition) is 6. The second kappa shape index (κ2) is 7.51. The van der Waals surface area contributed by atoms with Gasteiger partial charge < -0.3 is 30.0 Å². The zero-order valence-corrected chi connectivity index (χ0v) is 14.7. The van der Waals surface area contributed by atoms with E-state index in [-0.39, 0.29) is 17.9 Å². The summed E-state index contributed by atoms with van der Waals surface area (Å²) < 4.78 is 55.6. The van der Waals surface area contributed by atoms with E-state index < -0.39 is 35.9 Å². The Labute approximate surface area is 152 Å². The highest BCUT2D eigenvalue weighted by molar-refractivity contribution is 5.83. The van der Waals surface area contributed by atoms with Crippen molar-refractivity contribution in [3.05, 3.63) is 23.8 Å². The third kappa shape index (κ3) is 3.72. The number of halogens is 3. The Hall–Kier alpha value is -2.69. The Balaban J connectivity index is 2.60. The Kier molecular flexibility index (Phi) is 5.73. The van der Waals surface area contributed by atoms with Crippen molar-refractivity contribution in [2.45, 2.75) is 24.9 Å². The normalized spacial score (nSPS) is 25.2. The van der Waals surface area contributed by atoms with Crippen molar-refractivity contribution in [1.29, 1.82) is 0 Å². The molecular weight excluding hydrogens is 373 g/mol. The number of ether oxygens (including phenoxy) is 3. The Morgan fingerprint density at radius 3 is 2.41 bits per heavy atom. The molecule has 0 unspecified atom stereocenters. The number of amides is 2. The van der Waals surface area contributed by atoms with Gasteiger partial charge in [0.15, 0.2) is 11.5 Å². The predicted molar refractivity (Wildman–Crippen MR) is 85.1 cm³/mol. The standard InChI is InChI=1S/C16H19F3N2O6/c1-4-27-13(22)11-12(8-5-6-9(25-2)10(7-8)26-3)20-14(23)21-15(11,24)16(17,18)19/h5-7,11-12,24H,4H2,1-3H3,(H2,20,21,23)/t11-,12+,15-/m0/s1. The number of nitrogens with one attached hydrogen (secondary N) is 2. The van der Waals surface area contributed by atoms with Crippen molar-refractivity contribution in [3.8, 4) is 11.5 Å². The molecule has 2 rings (SSSR count). The molecule has 0 radical (unpaired) electrons. The van der Waals surface area contributed by atoms with Crippen LogP contribution in [0.25, 0.3) is 0 Å². The maximum absolute atomic E-state index is 13.6. The minimum absolute atomic E-state index is 0.0863. The molecule has 1 saturated heterocycles. The third-order valence-electron chi connectivity index (χ3n) is 4.11. The van der Waals surface area contributed by atoms with Gasteiger partial charge in [0.05, 0.1) is 26.9 Å². The largest absolute Gasteiger partial charge is 0.493 e. The van der Waals surface area contributed by atoms with Gasteiger partial charge >= 0.3 is 18.2 Å². The lowest BCUT2D eigenvalue weighted by Crippen LogP contribution is -2.73. The van der Waals surface area contributed by atoms with Crippen LogP contribution < -0.4 is 20.1 Å².